The fraction of sp³-hybridized carbons (Fsp3) is 0.250. The third-order valence-electron chi connectivity index (χ3n) is 4.01. The first-order valence-electron chi connectivity index (χ1n) is 6.87. The molecule has 2 aromatic carbocycles. The highest BCUT2D eigenvalue weighted by atomic mass is 16.5. The predicted octanol–water partition coefficient (Wildman–Crippen LogP) is 3.86. The van der Waals surface area contributed by atoms with Crippen LogP contribution in [-0.2, 0) is 0 Å². The number of hydrogen-bond acceptors (Lipinski definition) is 4. The third kappa shape index (κ3) is 1.76. The van der Waals surface area contributed by atoms with Crippen LogP contribution < -0.4 is 0 Å². The van der Waals surface area contributed by atoms with E-state index in [1.165, 1.54) is 6.42 Å². The van der Waals surface area contributed by atoms with Crippen molar-refractivity contribution in [1.82, 2.24) is 10.1 Å². The number of hydrogen-bond donors (Lipinski definition) is 1. The SMILES string of the molecule is Oc1cc2ccccc2cc1-c1nc(C2CCC2)no1. The van der Waals surface area contributed by atoms with E-state index < -0.39 is 0 Å². The topological polar surface area (TPSA) is 59.2 Å². The lowest BCUT2D eigenvalue weighted by Gasteiger charge is -2.20. The van der Waals surface area contributed by atoms with E-state index >= 15 is 0 Å². The van der Waals surface area contributed by atoms with Gasteiger partial charge in [0.1, 0.15) is 5.75 Å². The number of phenolic OH excluding ortho intramolecular Hbond substituents is 1. The Balaban J connectivity index is 1.80. The summed E-state index contributed by atoms with van der Waals surface area (Å²) < 4.78 is 5.32. The normalized spacial score (nSPS) is 15.4. The molecule has 0 atom stereocenters. The van der Waals surface area contributed by atoms with Gasteiger partial charge in [-0.2, -0.15) is 4.98 Å². The fourth-order valence-corrected chi connectivity index (χ4v) is 2.58. The second kappa shape index (κ2) is 4.34. The summed E-state index contributed by atoms with van der Waals surface area (Å²) in [5.41, 5.74) is 0.599. The summed E-state index contributed by atoms with van der Waals surface area (Å²) >= 11 is 0. The lowest BCUT2D eigenvalue weighted by atomic mass is 9.85. The standard InChI is InChI=1S/C16H14N2O2/c19-14-9-12-5-2-1-4-11(12)8-13(14)16-17-15(18-20-16)10-6-3-7-10/h1-2,4-5,8-10,19H,3,6-7H2. The highest BCUT2D eigenvalue weighted by Gasteiger charge is 2.25. The molecule has 1 aliphatic rings. The van der Waals surface area contributed by atoms with Gasteiger partial charge in [0, 0.05) is 5.92 Å². The highest BCUT2D eigenvalue weighted by Crippen LogP contribution is 2.37. The van der Waals surface area contributed by atoms with Crippen LogP contribution in [0.2, 0.25) is 0 Å². The zero-order chi connectivity index (χ0) is 13.5. The largest absolute Gasteiger partial charge is 0.507 e. The van der Waals surface area contributed by atoms with Crippen molar-refractivity contribution in [2.24, 2.45) is 0 Å². The van der Waals surface area contributed by atoms with E-state index in [4.69, 9.17) is 4.52 Å². The summed E-state index contributed by atoms with van der Waals surface area (Å²) in [6, 6.07) is 11.5. The van der Waals surface area contributed by atoms with E-state index in [1.54, 1.807) is 6.07 Å². The van der Waals surface area contributed by atoms with Crippen molar-refractivity contribution in [2.45, 2.75) is 25.2 Å². The molecule has 1 heterocycles. The van der Waals surface area contributed by atoms with Crippen LogP contribution in [-0.4, -0.2) is 15.2 Å². The highest BCUT2D eigenvalue weighted by molar-refractivity contribution is 5.89. The minimum Gasteiger partial charge on any atom is -0.507 e. The molecule has 0 unspecified atom stereocenters. The second-order valence-corrected chi connectivity index (χ2v) is 5.30. The molecule has 4 nitrogen and oxygen atoms in total. The van der Waals surface area contributed by atoms with E-state index in [0.717, 1.165) is 29.4 Å². The molecular weight excluding hydrogens is 252 g/mol. The van der Waals surface area contributed by atoms with Crippen molar-refractivity contribution in [3.8, 4) is 17.2 Å². The molecule has 0 radical (unpaired) electrons. The maximum Gasteiger partial charge on any atom is 0.261 e. The second-order valence-electron chi connectivity index (χ2n) is 5.30. The number of rotatable bonds is 2. The number of fused-ring (bicyclic) bond motifs is 1. The number of benzene rings is 2. The van der Waals surface area contributed by atoms with Crippen molar-refractivity contribution in [1.29, 1.82) is 0 Å². The first kappa shape index (κ1) is 11.5. The Morgan fingerprint density at radius 2 is 1.85 bits per heavy atom. The average molecular weight is 266 g/mol. The Hall–Kier alpha value is -2.36. The average Bonchev–Trinajstić information content (AvgIpc) is 2.85. The Morgan fingerprint density at radius 3 is 2.55 bits per heavy atom. The maximum absolute atomic E-state index is 10.2. The van der Waals surface area contributed by atoms with Crippen molar-refractivity contribution in [3.63, 3.8) is 0 Å². The van der Waals surface area contributed by atoms with Gasteiger partial charge in [0.2, 0.25) is 0 Å². The molecule has 1 N–H and O–H groups in total. The molecule has 4 heteroatoms. The zero-order valence-corrected chi connectivity index (χ0v) is 10.9. The molecule has 20 heavy (non-hydrogen) atoms. The van der Waals surface area contributed by atoms with Crippen LogP contribution in [0.3, 0.4) is 0 Å². The summed E-state index contributed by atoms with van der Waals surface area (Å²) in [6.45, 7) is 0. The van der Waals surface area contributed by atoms with Crippen molar-refractivity contribution in [3.05, 3.63) is 42.2 Å². The van der Waals surface area contributed by atoms with Gasteiger partial charge in [0.15, 0.2) is 5.82 Å². The molecule has 1 saturated carbocycles. The first-order valence-corrected chi connectivity index (χ1v) is 6.87. The van der Waals surface area contributed by atoms with Gasteiger partial charge >= 0.3 is 0 Å². The van der Waals surface area contributed by atoms with Crippen molar-refractivity contribution < 1.29 is 9.63 Å². The third-order valence-corrected chi connectivity index (χ3v) is 4.01. The molecule has 4 rings (SSSR count). The molecule has 1 aromatic heterocycles. The van der Waals surface area contributed by atoms with Gasteiger partial charge in [-0.3, -0.25) is 0 Å². The Bertz CT molecular complexity index is 775. The Labute approximate surface area is 116 Å². The Morgan fingerprint density at radius 1 is 1.10 bits per heavy atom. The van der Waals surface area contributed by atoms with Crippen LogP contribution in [0.1, 0.15) is 31.0 Å². The van der Waals surface area contributed by atoms with Crippen LogP contribution in [0.4, 0.5) is 0 Å². The van der Waals surface area contributed by atoms with Crippen LogP contribution in [0.15, 0.2) is 40.9 Å². The van der Waals surface area contributed by atoms with Crippen LogP contribution in [0, 0.1) is 0 Å². The summed E-state index contributed by atoms with van der Waals surface area (Å²) in [7, 11) is 0. The predicted molar refractivity (Wildman–Crippen MR) is 75.5 cm³/mol. The van der Waals surface area contributed by atoms with Crippen LogP contribution in [0.25, 0.3) is 22.2 Å². The van der Waals surface area contributed by atoms with Gasteiger partial charge in [-0.15, -0.1) is 0 Å². The Kier molecular flexibility index (Phi) is 2.49. The summed E-state index contributed by atoms with van der Waals surface area (Å²) in [5.74, 6) is 1.76. The molecule has 0 saturated heterocycles. The molecule has 1 aliphatic carbocycles. The van der Waals surface area contributed by atoms with Crippen LogP contribution >= 0.6 is 0 Å². The lowest BCUT2D eigenvalue weighted by Crippen LogP contribution is -2.10. The van der Waals surface area contributed by atoms with Gasteiger partial charge in [0.05, 0.1) is 5.56 Å². The molecular formula is C16H14N2O2. The minimum absolute atomic E-state index is 0.174. The molecule has 0 aliphatic heterocycles. The van der Waals surface area contributed by atoms with Crippen molar-refractivity contribution in [2.75, 3.05) is 0 Å². The van der Waals surface area contributed by atoms with E-state index in [2.05, 4.69) is 10.1 Å². The molecule has 3 aromatic rings. The van der Waals surface area contributed by atoms with Gasteiger partial charge in [0.25, 0.3) is 5.89 Å². The summed E-state index contributed by atoms with van der Waals surface area (Å²) in [4.78, 5) is 4.43. The van der Waals surface area contributed by atoms with E-state index in [1.807, 2.05) is 30.3 Å². The van der Waals surface area contributed by atoms with Gasteiger partial charge in [-0.25, -0.2) is 0 Å². The number of aromatic nitrogens is 2. The summed E-state index contributed by atoms with van der Waals surface area (Å²) in [6.07, 6.45) is 3.49. The molecule has 1 fully saturated rings. The van der Waals surface area contributed by atoms with Gasteiger partial charge in [-0.05, 0) is 35.7 Å². The smallest absolute Gasteiger partial charge is 0.261 e. The number of nitrogens with zero attached hydrogens (tertiary/aromatic N) is 2. The molecule has 0 spiro atoms. The number of aromatic hydroxyl groups is 1. The van der Waals surface area contributed by atoms with Crippen molar-refractivity contribution >= 4 is 10.8 Å². The van der Waals surface area contributed by atoms with E-state index in [9.17, 15) is 5.11 Å². The zero-order valence-electron chi connectivity index (χ0n) is 10.9. The van der Waals surface area contributed by atoms with Gasteiger partial charge < -0.3 is 9.63 Å². The molecule has 100 valence electrons. The van der Waals surface area contributed by atoms with Crippen LogP contribution in [0.5, 0.6) is 5.75 Å². The fourth-order valence-electron chi connectivity index (χ4n) is 2.58. The lowest BCUT2D eigenvalue weighted by molar-refractivity contribution is 0.365. The van der Waals surface area contributed by atoms with Gasteiger partial charge in [-0.1, -0.05) is 35.8 Å². The first-order chi connectivity index (χ1) is 9.81. The number of phenols is 1. The molecule has 0 amide bonds. The quantitative estimate of drug-likeness (QED) is 0.765. The van der Waals surface area contributed by atoms with E-state index in [-0.39, 0.29) is 5.75 Å². The summed E-state index contributed by atoms with van der Waals surface area (Å²) in [5, 5.41) is 16.2. The maximum atomic E-state index is 10.2. The molecule has 0 bridgehead atoms. The minimum atomic E-state index is 0.174. The monoisotopic (exact) mass is 266 g/mol. The van der Waals surface area contributed by atoms with E-state index in [0.29, 0.717) is 17.4 Å².